The van der Waals surface area contributed by atoms with Crippen LogP contribution in [0.1, 0.15) is 56.5 Å². The fourth-order valence-electron chi connectivity index (χ4n) is 3.56. The molecule has 1 atom stereocenters. The fraction of sp³-hybridized carbons (Fsp3) is 0.444. The predicted octanol–water partition coefficient (Wildman–Crippen LogP) is 4.76. The molecular weight excluding hydrogens is 418 g/mol. The Morgan fingerprint density at radius 1 is 0.848 bits per heavy atom. The number of carbonyl (C=O) groups is 3. The van der Waals surface area contributed by atoms with Crippen LogP contribution in [-0.4, -0.2) is 49.9 Å². The maximum atomic E-state index is 12.9. The van der Waals surface area contributed by atoms with Crippen LogP contribution in [0.5, 0.6) is 5.75 Å². The maximum Gasteiger partial charge on any atom is 0.316 e. The largest absolute Gasteiger partial charge is 0.464 e. The van der Waals surface area contributed by atoms with Crippen LogP contribution >= 0.6 is 0 Å². The van der Waals surface area contributed by atoms with Gasteiger partial charge in [-0.1, -0.05) is 37.3 Å². The lowest BCUT2D eigenvalue weighted by molar-refractivity contribution is -0.160. The molecule has 0 heterocycles. The van der Waals surface area contributed by atoms with E-state index in [1.807, 2.05) is 51.0 Å². The van der Waals surface area contributed by atoms with Gasteiger partial charge < -0.3 is 14.4 Å². The fourth-order valence-corrected chi connectivity index (χ4v) is 3.56. The van der Waals surface area contributed by atoms with Crippen molar-refractivity contribution in [3.05, 3.63) is 65.7 Å². The van der Waals surface area contributed by atoms with Gasteiger partial charge in [0.15, 0.2) is 5.78 Å². The summed E-state index contributed by atoms with van der Waals surface area (Å²) in [4.78, 5) is 40.2. The molecule has 178 valence electrons. The molecule has 0 bridgehead atoms. The SMILES string of the molecule is CCC(C)(CC(C)(C)C(=O)Oc1ccc(C(=O)c2ccccc2)cc1)C(=O)OCCN(C)C. The van der Waals surface area contributed by atoms with Crippen molar-refractivity contribution in [2.75, 3.05) is 27.2 Å². The molecule has 0 saturated heterocycles. The maximum absolute atomic E-state index is 12.9. The van der Waals surface area contributed by atoms with Gasteiger partial charge in [0.05, 0.1) is 10.8 Å². The number of nitrogens with zero attached hydrogens (tertiary/aromatic N) is 1. The highest BCUT2D eigenvalue weighted by Crippen LogP contribution is 2.38. The van der Waals surface area contributed by atoms with Crippen molar-refractivity contribution in [2.45, 2.75) is 40.5 Å². The smallest absolute Gasteiger partial charge is 0.316 e. The van der Waals surface area contributed by atoms with Gasteiger partial charge in [-0.2, -0.15) is 0 Å². The molecule has 0 aliphatic heterocycles. The van der Waals surface area contributed by atoms with Gasteiger partial charge in [-0.15, -0.1) is 0 Å². The van der Waals surface area contributed by atoms with Crippen molar-refractivity contribution in [1.82, 2.24) is 4.90 Å². The number of hydrogen-bond donors (Lipinski definition) is 0. The number of ether oxygens (including phenoxy) is 2. The van der Waals surface area contributed by atoms with Crippen LogP contribution in [0.4, 0.5) is 0 Å². The van der Waals surface area contributed by atoms with Crippen molar-refractivity contribution in [1.29, 1.82) is 0 Å². The van der Waals surface area contributed by atoms with Gasteiger partial charge in [-0.3, -0.25) is 14.4 Å². The summed E-state index contributed by atoms with van der Waals surface area (Å²) in [5, 5.41) is 0. The van der Waals surface area contributed by atoms with Crippen LogP contribution in [0.25, 0.3) is 0 Å². The first-order chi connectivity index (χ1) is 15.5. The molecule has 0 amide bonds. The number of esters is 2. The van der Waals surface area contributed by atoms with Gasteiger partial charge in [0.1, 0.15) is 12.4 Å². The summed E-state index contributed by atoms with van der Waals surface area (Å²) in [6.45, 7) is 8.22. The summed E-state index contributed by atoms with van der Waals surface area (Å²) in [6.07, 6.45) is 0.835. The van der Waals surface area contributed by atoms with E-state index in [1.54, 1.807) is 50.2 Å². The van der Waals surface area contributed by atoms with Crippen LogP contribution in [0.3, 0.4) is 0 Å². The predicted molar refractivity (Wildman–Crippen MR) is 128 cm³/mol. The first-order valence-corrected chi connectivity index (χ1v) is 11.2. The molecule has 2 aromatic rings. The first-order valence-electron chi connectivity index (χ1n) is 11.2. The second kappa shape index (κ2) is 11.2. The summed E-state index contributed by atoms with van der Waals surface area (Å²) < 4.78 is 11.1. The Bertz CT molecular complexity index is 950. The molecule has 0 aromatic heterocycles. The second-order valence-corrected chi connectivity index (χ2v) is 9.52. The monoisotopic (exact) mass is 453 g/mol. The van der Waals surface area contributed by atoms with E-state index in [4.69, 9.17) is 9.47 Å². The van der Waals surface area contributed by atoms with E-state index in [2.05, 4.69) is 0 Å². The zero-order chi connectivity index (χ0) is 24.6. The molecular formula is C27H35NO5. The summed E-state index contributed by atoms with van der Waals surface area (Å²) in [5.41, 5.74) is -0.607. The lowest BCUT2D eigenvalue weighted by Crippen LogP contribution is -2.40. The van der Waals surface area contributed by atoms with Crippen molar-refractivity contribution < 1.29 is 23.9 Å². The molecule has 0 N–H and O–H groups in total. The number of likely N-dealkylation sites (N-methyl/N-ethyl adjacent to an activating group) is 1. The molecule has 6 nitrogen and oxygen atoms in total. The topological polar surface area (TPSA) is 72.9 Å². The highest BCUT2D eigenvalue weighted by molar-refractivity contribution is 6.09. The third-order valence-corrected chi connectivity index (χ3v) is 5.79. The normalized spacial score (nSPS) is 13.3. The zero-order valence-electron chi connectivity index (χ0n) is 20.5. The summed E-state index contributed by atoms with van der Waals surface area (Å²) in [6, 6.07) is 15.5. The highest BCUT2D eigenvalue weighted by Gasteiger charge is 2.43. The minimum atomic E-state index is -0.913. The molecule has 0 aliphatic rings. The molecule has 0 radical (unpaired) electrons. The molecule has 0 spiro atoms. The van der Waals surface area contributed by atoms with E-state index >= 15 is 0 Å². The van der Waals surface area contributed by atoms with Gasteiger partial charge in [-0.05, 0) is 72.0 Å². The number of ketones is 1. The molecule has 33 heavy (non-hydrogen) atoms. The minimum Gasteiger partial charge on any atom is -0.464 e. The quantitative estimate of drug-likeness (QED) is 0.277. The Morgan fingerprint density at radius 2 is 1.42 bits per heavy atom. The molecule has 0 saturated carbocycles. The highest BCUT2D eigenvalue weighted by atomic mass is 16.5. The van der Waals surface area contributed by atoms with Crippen molar-refractivity contribution in [3.63, 3.8) is 0 Å². The molecule has 1 unspecified atom stereocenters. The van der Waals surface area contributed by atoms with Gasteiger partial charge in [0, 0.05) is 17.7 Å². The average molecular weight is 454 g/mol. The Labute approximate surface area is 196 Å². The van der Waals surface area contributed by atoms with E-state index in [1.165, 1.54) is 0 Å². The van der Waals surface area contributed by atoms with Crippen LogP contribution in [0.15, 0.2) is 54.6 Å². The van der Waals surface area contributed by atoms with E-state index in [0.717, 1.165) is 0 Å². The zero-order valence-corrected chi connectivity index (χ0v) is 20.5. The van der Waals surface area contributed by atoms with Crippen molar-refractivity contribution >= 4 is 17.7 Å². The molecule has 2 rings (SSSR count). The van der Waals surface area contributed by atoms with Crippen molar-refractivity contribution in [2.24, 2.45) is 10.8 Å². The second-order valence-electron chi connectivity index (χ2n) is 9.52. The summed E-state index contributed by atoms with van der Waals surface area (Å²) in [7, 11) is 3.83. The number of rotatable bonds is 11. The third kappa shape index (κ3) is 7.26. The lowest BCUT2D eigenvalue weighted by Gasteiger charge is -2.33. The first kappa shape index (κ1) is 26.3. The Hall–Kier alpha value is -2.99. The van der Waals surface area contributed by atoms with Crippen LogP contribution < -0.4 is 4.74 Å². The van der Waals surface area contributed by atoms with Crippen molar-refractivity contribution in [3.8, 4) is 5.75 Å². The average Bonchev–Trinajstić information content (AvgIpc) is 2.79. The summed E-state index contributed by atoms with van der Waals surface area (Å²) >= 11 is 0. The Balaban J connectivity index is 2.03. The van der Waals surface area contributed by atoms with Gasteiger partial charge in [-0.25, -0.2) is 0 Å². The standard InChI is InChI=1S/C27H35NO5/c1-7-27(4,25(31)32-18-17-28(5)6)19-26(2,3)24(30)33-22-15-13-21(14-16-22)23(29)20-11-9-8-10-12-20/h8-16H,7,17-19H2,1-6H3. The van der Waals surface area contributed by atoms with Gasteiger partial charge in [0.2, 0.25) is 0 Å². The number of benzene rings is 2. The van der Waals surface area contributed by atoms with Gasteiger partial charge >= 0.3 is 11.9 Å². The molecule has 0 aliphatic carbocycles. The molecule has 0 fully saturated rings. The molecule has 6 heteroatoms. The lowest BCUT2D eigenvalue weighted by atomic mass is 9.72. The third-order valence-electron chi connectivity index (χ3n) is 5.79. The van der Waals surface area contributed by atoms with Crippen LogP contribution in [-0.2, 0) is 14.3 Å². The minimum absolute atomic E-state index is 0.0969. The van der Waals surface area contributed by atoms with E-state index < -0.39 is 16.8 Å². The Kier molecular flexibility index (Phi) is 8.94. The van der Waals surface area contributed by atoms with E-state index in [0.29, 0.717) is 42.9 Å². The Morgan fingerprint density at radius 3 is 1.97 bits per heavy atom. The van der Waals surface area contributed by atoms with Gasteiger partial charge in [0.25, 0.3) is 0 Å². The summed E-state index contributed by atoms with van der Waals surface area (Å²) in [5.74, 6) is -0.494. The van der Waals surface area contributed by atoms with E-state index in [9.17, 15) is 14.4 Å². The number of carbonyl (C=O) groups excluding carboxylic acids is 3. The molecule has 2 aromatic carbocycles. The van der Waals surface area contributed by atoms with Crippen LogP contribution in [0.2, 0.25) is 0 Å². The van der Waals surface area contributed by atoms with Crippen LogP contribution in [0, 0.1) is 10.8 Å². The number of hydrogen-bond acceptors (Lipinski definition) is 6. The van der Waals surface area contributed by atoms with E-state index in [-0.39, 0.29) is 11.8 Å².